The van der Waals surface area contributed by atoms with Gasteiger partial charge in [-0.25, -0.2) is 4.79 Å². The molecule has 0 aliphatic carbocycles. The van der Waals surface area contributed by atoms with E-state index < -0.39 is 5.76 Å². The van der Waals surface area contributed by atoms with Gasteiger partial charge in [0.1, 0.15) is 5.75 Å². The standard InChI is InChI=1S/C20H21N3O4/c1-26-15-7-5-14(6-8-15)13-18(24)23-11-9-22(10-12-23)17-4-2-3-16-19(17)27-20(25)21-16/h2-8H,9-13H2,1H3,(H,21,25). The quantitative estimate of drug-likeness (QED) is 0.763. The molecule has 0 bridgehead atoms. The first-order valence-corrected chi connectivity index (χ1v) is 8.91. The summed E-state index contributed by atoms with van der Waals surface area (Å²) >= 11 is 0. The smallest absolute Gasteiger partial charge is 0.417 e. The second-order valence-corrected chi connectivity index (χ2v) is 6.56. The van der Waals surface area contributed by atoms with Crippen LogP contribution < -0.4 is 15.4 Å². The Kier molecular flexibility index (Phi) is 4.58. The van der Waals surface area contributed by atoms with E-state index in [4.69, 9.17) is 9.15 Å². The zero-order valence-electron chi connectivity index (χ0n) is 15.1. The number of rotatable bonds is 4. The average molecular weight is 367 g/mol. The summed E-state index contributed by atoms with van der Waals surface area (Å²) in [7, 11) is 1.62. The maximum Gasteiger partial charge on any atom is 0.417 e. The highest BCUT2D eigenvalue weighted by atomic mass is 16.5. The summed E-state index contributed by atoms with van der Waals surface area (Å²) in [5, 5.41) is 0. The van der Waals surface area contributed by atoms with Crippen LogP contribution in [0.25, 0.3) is 11.1 Å². The summed E-state index contributed by atoms with van der Waals surface area (Å²) in [5.74, 6) is 0.447. The van der Waals surface area contributed by atoms with E-state index in [0.29, 0.717) is 43.7 Å². The molecule has 1 amide bonds. The van der Waals surface area contributed by atoms with Crippen LogP contribution in [0.4, 0.5) is 5.69 Å². The lowest BCUT2D eigenvalue weighted by molar-refractivity contribution is -0.130. The molecule has 1 aliphatic heterocycles. The third-order valence-electron chi connectivity index (χ3n) is 4.91. The van der Waals surface area contributed by atoms with Crippen LogP contribution >= 0.6 is 0 Å². The number of aromatic amines is 1. The molecule has 2 aromatic carbocycles. The van der Waals surface area contributed by atoms with E-state index in [0.717, 1.165) is 17.0 Å². The highest BCUT2D eigenvalue weighted by molar-refractivity contribution is 5.86. The highest BCUT2D eigenvalue weighted by Crippen LogP contribution is 2.26. The summed E-state index contributed by atoms with van der Waals surface area (Å²) in [6.07, 6.45) is 0.381. The van der Waals surface area contributed by atoms with Crippen molar-refractivity contribution in [2.24, 2.45) is 0 Å². The van der Waals surface area contributed by atoms with Crippen LogP contribution in [0.5, 0.6) is 5.75 Å². The topological polar surface area (TPSA) is 78.8 Å². The summed E-state index contributed by atoms with van der Waals surface area (Å²) in [5.41, 5.74) is 3.12. The number of methoxy groups -OCH3 is 1. The van der Waals surface area contributed by atoms with Gasteiger partial charge in [-0.3, -0.25) is 9.78 Å². The summed E-state index contributed by atoms with van der Waals surface area (Å²) in [6, 6.07) is 13.2. The van der Waals surface area contributed by atoms with Crippen molar-refractivity contribution in [1.29, 1.82) is 0 Å². The van der Waals surface area contributed by atoms with Gasteiger partial charge >= 0.3 is 5.76 Å². The Morgan fingerprint density at radius 2 is 1.85 bits per heavy atom. The molecule has 1 saturated heterocycles. The number of oxazole rings is 1. The van der Waals surface area contributed by atoms with Crippen molar-refractivity contribution in [3.63, 3.8) is 0 Å². The van der Waals surface area contributed by atoms with Gasteiger partial charge in [-0.1, -0.05) is 18.2 Å². The molecule has 140 valence electrons. The minimum atomic E-state index is -0.453. The molecule has 0 unspecified atom stereocenters. The molecule has 7 heteroatoms. The molecule has 1 fully saturated rings. The van der Waals surface area contributed by atoms with Gasteiger partial charge in [0.25, 0.3) is 0 Å². The zero-order chi connectivity index (χ0) is 18.8. The first-order valence-electron chi connectivity index (χ1n) is 8.91. The fourth-order valence-corrected chi connectivity index (χ4v) is 3.43. The maximum atomic E-state index is 12.6. The van der Waals surface area contributed by atoms with Gasteiger partial charge in [0, 0.05) is 26.2 Å². The third kappa shape index (κ3) is 3.53. The van der Waals surface area contributed by atoms with Gasteiger partial charge in [-0.05, 0) is 29.8 Å². The van der Waals surface area contributed by atoms with Gasteiger partial charge in [0.05, 0.1) is 24.7 Å². The van der Waals surface area contributed by atoms with Crippen molar-refractivity contribution in [3.05, 3.63) is 58.6 Å². The molecule has 27 heavy (non-hydrogen) atoms. The number of ether oxygens (including phenoxy) is 1. The SMILES string of the molecule is COc1ccc(CC(=O)N2CCN(c3cccc4[nH]c(=O)oc34)CC2)cc1. The minimum Gasteiger partial charge on any atom is -0.497 e. The number of carbonyl (C=O) groups is 1. The molecular weight excluding hydrogens is 346 g/mol. The number of para-hydroxylation sites is 1. The fraction of sp³-hybridized carbons (Fsp3) is 0.300. The Morgan fingerprint density at radius 3 is 2.56 bits per heavy atom. The molecule has 0 spiro atoms. The summed E-state index contributed by atoms with van der Waals surface area (Å²) in [6.45, 7) is 2.67. The van der Waals surface area contributed by atoms with Gasteiger partial charge in [-0.2, -0.15) is 0 Å². The first kappa shape index (κ1) is 17.2. The number of carbonyl (C=O) groups excluding carboxylic acids is 1. The minimum absolute atomic E-state index is 0.117. The second-order valence-electron chi connectivity index (χ2n) is 6.56. The van der Waals surface area contributed by atoms with Crippen LogP contribution in [0.2, 0.25) is 0 Å². The van der Waals surface area contributed by atoms with Crippen LogP contribution in [0.15, 0.2) is 51.7 Å². The lowest BCUT2D eigenvalue weighted by Gasteiger charge is -2.36. The number of hydrogen-bond acceptors (Lipinski definition) is 5. The molecule has 4 rings (SSSR count). The number of H-pyrrole nitrogens is 1. The maximum absolute atomic E-state index is 12.6. The number of anilines is 1. The molecule has 1 N–H and O–H groups in total. The lowest BCUT2D eigenvalue weighted by atomic mass is 10.1. The van der Waals surface area contributed by atoms with E-state index in [9.17, 15) is 9.59 Å². The molecule has 7 nitrogen and oxygen atoms in total. The number of nitrogens with one attached hydrogen (secondary N) is 1. The zero-order valence-corrected chi connectivity index (χ0v) is 15.1. The van der Waals surface area contributed by atoms with Crippen LogP contribution in [0.3, 0.4) is 0 Å². The Balaban J connectivity index is 1.40. The van der Waals surface area contributed by atoms with E-state index in [1.165, 1.54) is 0 Å². The highest BCUT2D eigenvalue weighted by Gasteiger charge is 2.23. The lowest BCUT2D eigenvalue weighted by Crippen LogP contribution is -2.49. The van der Waals surface area contributed by atoms with Crippen LogP contribution in [0, 0.1) is 0 Å². The molecule has 0 saturated carbocycles. The fourth-order valence-electron chi connectivity index (χ4n) is 3.43. The predicted molar refractivity (Wildman–Crippen MR) is 102 cm³/mol. The summed E-state index contributed by atoms with van der Waals surface area (Å²) < 4.78 is 10.4. The number of piperazine rings is 1. The molecular formula is C20H21N3O4. The van der Waals surface area contributed by atoms with E-state index in [-0.39, 0.29) is 5.91 Å². The normalized spacial score (nSPS) is 14.6. The molecule has 0 atom stereocenters. The average Bonchev–Trinajstić information content (AvgIpc) is 3.09. The second kappa shape index (κ2) is 7.19. The first-order chi connectivity index (χ1) is 13.1. The van der Waals surface area contributed by atoms with E-state index in [1.54, 1.807) is 7.11 Å². The van der Waals surface area contributed by atoms with Gasteiger partial charge < -0.3 is 19.0 Å². The van der Waals surface area contributed by atoms with Crippen molar-refractivity contribution >= 4 is 22.7 Å². The Morgan fingerprint density at radius 1 is 1.11 bits per heavy atom. The number of hydrogen-bond donors (Lipinski definition) is 1. The number of fused-ring (bicyclic) bond motifs is 1. The van der Waals surface area contributed by atoms with E-state index in [2.05, 4.69) is 9.88 Å². The number of benzene rings is 2. The third-order valence-corrected chi connectivity index (χ3v) is 4.91. The van der Waals surface area contributed by atoms with Crippen molar-refractivity contribution in [1.82, 2.24) is 9.88 Å². The van der Waals surface area contributed by atoms with Gasteiger partial charge in [0.15, 0.2) is 5.58 Å². The Hall–Kier alpha value is -3.22. The molecule has 1 aromatic heterocycles. The van der Waals surface area contributed by atoms with Gasteiger partial charge in [-0.15, -0.1) is 0 Å². The molecule has 3 aromatic rings. The van der Waals surface area contributed by atoms with Crippen molar-refractivity contribution < 1.29 is 13.9 Å². The Labute approximate surface area is 156 Å². The predicted octanol–water partition coefficient (Wildman–Crippen LogP) is 2.02. The van der Waals surface area contributed by atoms with Gasteiger partial charge in [0.2, 0.25) is 5.91 Å². The Bertz CT molecular complexity index is 998. The van der Waals surface area contributed by atoms with Crippen molar-refractivity contribution in [3.8, 4) is 5.75 Å². The number of nitrogens with zero attached hydrogens (tertiary/aromatic N) is 2. The molecule has 2 heterocycles. The van der Waals surface area contributed by atoms with Crippen molar-refractivity contribution in [2.75, 3.05) is 38.2 Å². The van der Waals surface area contributed by atoms with Crippen molar-refractivity contribution in [2.45, 2.75) is 6.42 Å². The van der Waals surface area contributed by atoms with Crippen LogP contribution in [-0.2, 0) is 11.2 Å². The number of aromatic nitrogens is 1. The largest absolute Gasteiger partial charge is 0.497 e. The molecule has 0 radical (unpaired) electrons. The number of amides is 1. The van der Waals surface area contributed by atoms with Crippen LogP contribution in [-0.4, -0.2) is 49.1 Å². The summed E-state index contributed by atoms with van der Waals surface area (Å²) in [4.78, 5) is 30.8. The van der Waals surface area contributed by atoms with E-state index >= 15 is 0 Å². The van der Waals surface area contributed by atoms with E-state index in [1.807, 2.05) is 47.4 Å². The monoisotopic (exact) mass is 367 g/mol. The molecule has 1 aliphatic rings. The van der Waals surface area contributed by atoms with Crippen LogP contribution in [0.1, 0.15) is 5.56 Å².